The maximum Gasteiger partial charge on any atom is 0.280 e. The molecule has 0 heterocycles. The van der Waals surface area contributed by atoms with Gasteiger partial charge >= 0.3 is 0 Å². The van der Waals surface area contributed by atoms with E-state index >= 15 is 0 Å². The summed E-state index contributed by atoms with van der Waals surface area (Å²) in [6.07, 6.45) is 5.63. The Balaban J connectivity index is 1.77. The first-order valence-corrected chi connectivity index (χ1v) is 10.4. The number of nitrogens with one attached hydrogen (secondary N) is 1. The first-order chi connectivity index (χ1) is 14.0. The van der Waals surface area contributed by atoms with E-state index in [4.69, 9.17) is 21.1 Å². The molecule has 2 aromatic carbocycles. The van der Waals surface area contributed by atoms with Crippen molar-refractivity contribution in [2.45, 2.75) is 52.6 Å². The fourth-order valence-electron chi connectivity index (χ4n) is 2.62. The number of nitrogens with zero attached hydrogens (tertiary/aromatic N) is 1. The zero-order valence-corrected chi connectivity index (χ0v) is 18.0. The van der Waals surface area contributed by atoms with E-state index in [1.165, 1.54) is 19.3 Å². The number of halogens is 1. The Morgan fingerprint density at radius 1 is 1.17 bits per heavy atom. The number of hydrazone groups is 1. The normalized spacial score (nSPS) is 12.0. The molecule has 29 heavy (non-hydrogen) atoms. The Kier molecular flexibility index (Phi) is 9.51. The maximum absolute atomic E-state index is 12.2. The molecule has 0 radical (unpaired) electrons. The molecule has 0 saturated heterocycles. The monoisotopic (exact) mass is 416 g/mol. The molecule has 2 rings (SSSR count). The highest BCUT2D eigenvalue weighted by molar-refractivity contribution is 6.30. The highest BCUT2D eigenvalue weighted by Gasteiger charge is 2.15. The van der Waals surface area contributed by atoms with E-state index in [2.05, 4.69) is 17.5 Å². The summed E-state index contributed by atoms with van der Waals surface area (Å²) in [5, 5.41) is 4.63. The third-order valence-corrected chi connectivity index (χ3v) is 4.58. The second-order valence-corrected chi connectivity index (χ2v) is 7.32. The summed E-state index contributed by atoms with van der Waals surface area (Å²) in [6.45, 7) is 6.47. The van der Waals surface area contributed by atoms with Crippen LogP contribution < -0.4 is 14.9 Å². The molecule has 5 nitrogen and oxygen atoms in total. The van der Waals surface area contributed by atoms with Crippen LogP contribution in [-0.4, -0.2) is 24.8 Å². The summed E-state index contributed by atoms with van der Waals surface area (Å²) < 4.78 is 11.4. The van der Waals surface area contributed by atoms with Gasteiger partial charge in [-0.25, -0.2) is 5.43 Å². The van der Waals surface area contributed by atoms with Crippen molar-refractivity contribution in [3.05, 3.63) is 58.6 Å². The van der Waals surface area contributed by atoms with E-state index in [1.807, 2.05) is 31.2 Å². The second-order valence-electron chi connectivity index (χ2n) is 6.88. The van der Waals surface area contributed by atoms with Gasteiger partial charge in [0.15, 0.2) is 6.10 Å². The van der Waals surface area contributed by atoms with E-state index in [1.54, 1.807) is 31.3 Å². The predicted octanol–water partition coefficient (Wildman–Crippen LogP) is 5.53. The molecule has 0 bridgehead atoms. The molecule has 6 heteroatoms. The molecule has 0 aliphatic heterocycles. The lowest BCUT2D eigenvalue weighted by molar-refractivity contribution is -0.127. The predicted molar refractivity (Wildman–Crippen MR) is 118 cm³/mol. The number of carbonyl (C=O) groups excluding carboxylic acids is 1. The van der Waals surface area contributed by atoms with Gasteiger partial charge in [-0.3, -0.25) is 4.79 Å². The van der Waals surface area contributed by atoms with Gasteiger partial charge in [0.1, 0.15) is 11.5 Å². The quantitative estimate of drug-likeness (QED) is 0.298. The average molecular weight is 417 g/mol. The van der Waals surface area contributed by atoms with Crippen molar-refractivity contribution in [1.82, 2.24) is 5.43 Å². The molecule has 1 N–H and O–H groups in total. The summed E-state index contributed by atoms with van der Waals surface area (Å²) in [5.41, 5.74) is 4.23. The largest absolute Gasteiger partial charge is 0.494 e. The minimum Gasteiger partial charge on any atom is -0.494 e. The minimum atomic E-state index is -0.685. The van der Waals surface area contributed by atoms with Gasteiger partial charge in [0, 0.05) is 5.02 Å². The lowest BCUT2D eigenvalue weighted by Gasteiger charge is -2.14. The zero-order valence-electron chi connectivity index (χ0n) is 17.3. The van der Waals surface area contributed by atoms with Gasteiger partial charge < -0.3 is 9.47 Å². The third-order valence-electron chi connectivity index (χ3n) is 4.35. The molecule has 0 saturated carbocycles. The number of hydrogen-bond acceptors (Lipinski definition) is 4. The van der Waals surface area contributed by atoms with Crippen molar-refractivity contribution in [2.75, 3.05) is 6.61 Å². The smallest absolute Gasteiger partial charge is 0.280 e. The number of hydrogen-bond donors (Lipinski definition) is 1. The van der Waals surface area contributed by atoms with E-state index < -0.39 is 6.10 Å². The van der Waals surface area contributed by atoms with Crippen LogP contribution in [0.1, 0.15) is 50.7 Å². The zero-order chi connectivity index (χ0) is 21.1. The standard InChI is InChI=1S/C23H29ClN2O3/c1-4-5-6-7-14-28-21-11-8-19(9-12-21)16-25-26-23(27)18(3)29-22-13-10-20(24)15-17(22)2/h8-13,15-16,18H,4-7,14H2,1-3H3,(H,26,27)/b25-16-/t18-/m1/s1. The minimum absolute atomic E-state index is 0.331. The molecule has 156 valence electrons. The van der Waals surface area contributed by atoms with Gasteiger partial charge in [-0.05, 0) is 73.9 Å². The van der Waals surface area contributed by atoms with Crippen molar-refractivity contribution in [2.24, 2.45) is 5.10 Å². The van der Waals surface area contributed by atoms with Crippen LogP contribution in [0.25, 0.3) is 0 Å². The fourth-order valence-corrected chi connectivity index (χ4v) is 2.85. The van der Waals surface area contributed by atoms with Crippen molar-refractivity contribution in [3.63, 3.8) is 0 Å². The Morgan fingerprint density at radius 2 is 1.93 bits per heavy atom. The highest BCUT2D eigenvalue weighted by atomic mass is 35.5. The Labute approximate surface area is 178 Å². The van der Waals surface area contributed by atoms with E-state index in [0.29, 0.717) is 10.8 Å². The van der Waals surface area contributed by atoms with Crippen LogP contribution in [0.4, 0.5) is 0 Å². The molecule has 0 unspecified atom stereocenters. The van der Waals surface area contributed by atoms with Crippen LogP contribution in [0.15, 0.2) is 47.6 Å². The highest BCUT2D eigenvalue weighted by Crippen LogP contribution is 2.22. The lowest BCUT2D eigenvalue weighted by atomic mass is 10.2. The molecule has 0 aromatic heterocycles. The lowest BCUT2D eigenvalue weighted by Crippen LogP contribution is -2.33. The Hall–Kier alpha value is -2.53. The summed E-state index contributed by atoms with van der Waals surface area (Å²) in [6, 6.07) is 12.9. The van der Waals surface area contributed by atoms with Gasteiger partial charge in [0.05, 0.1) is 12.8 Å². The van der Waals surface area contributed by atoms with Crippen molar-refractivity contribution in [3.8, 4) is 11.5 Å². The van der Waals surface area contributed by atoms with Gasteiger partial charge in [0.2, 0.25) is 0 Å². The SMILES string of the molecule is CCCCCCOc1ccc(/C=N\NC(=O)[C@@H](C)Oc2ccc(Cl)cc2C)cc1. The van der Waals surface area contributed by atoms with Gasteiger partial charge in [-0.1, -0.05) is 37.8 Å². The molecule has 0 aliphatic carbocycles. The Bertz CT molecular complexity index is 806. The molecular formula is C23H29ClN2O3. The number of benzene rings is 2. The van der Waals surface area contributed by atoms with Gasteiger partial charge in [0.25, 0.3) is 5.91 Å². The second kappa shape index (κ2) is 12.1. The fraction of sp³-hybridized carbons (Fsp3) is 0.391. The molecule has 0 fully saturated rings. The van der Waals surface area contributed by atoms with Crippen LogP contribution in [-0.2, 0) is 4.79 Å². The van der Waals surface area contributed by atoms with Crippen LogP contribution in [0, 0.1) is 6.92 Å². The average Bonchev–Trinajstić information content (AvgIpc) is 2.71. The number of aryl methyl sites for hydroxylation is 1. The third kappa shape index (κ3) is 8.16. The summed E-state index contributed by atoms with van der Waals surface area (Å²) in [5.74, 6) is 1.12. The first kappa shape index (κ1) is 22.8. The number of unbranched alkanes of at least 4 members (excludes halogenated alkanes) is 3. The van der Waals surface area contributed by atoms with Crippen molar-refractivity contribution in [1.29, 1.82) is 0 Å². The molecular weight excluding hydrogens is 388 g/mol. The molecule has 1 amide bonds. The Morgan fingerprint density at radius 3 is 2.62 bits per heavy atom. The van der Waals surface area contributed by atoms with E-state index in [9.17, 15) is 4.79 Å². The van der Waals surface area contributed by atoms with Crippen molar-refractivity contribution >= 4 is 23.7 Å². The number of carbonyl (C=O) groups is 1. The number of ether oxygens (including phenoxy) is 2. The summed E-state index contributed by atoms with van der Waals surface area (Å²) in [4.78, 5) is 12.2. The topological polar surface area (TPSA) is 59.9 Å². The van der Waals surface area contributed by atoms with Crippen molar-refractivity contribution < 1.29 is 14.3 Å². The molecule has 0 aliphatic rings. The number of rotatable bonds is 11. The van der Waals surface area contributed by atoms with E-state index in [0.717, 1.165) is 29.9 Å². The summed E-state index contributed by atoms with van der Waals surface area (Å²) in [7, 11) is 0. The number of amides is 1. The summed E-state index contributed by atoms with van der Waals surface area (Å²) >= 11 is 5.93. The first-order valence-electron chi connectivity index (χ1n) is 9.98. The van der Waals surface area contributed by atoms with Crippen LogP contribution >= 0.6 is 11.6 Å². The maximum atomic E-state index is 12.2. The van der Waals surface area contributed by atoms with Crippen LogP contribution in [0.5, 0.6) is 11.5 Å². The molecule has 1 atom stereocenters. The van der Waals surface area contributed by atoms with Crippen LogP contribution in [0.3, 0.4) is 0 Å². The van der Waals surface area contributed by atoms with Crippen LogP contribution in [0.2, 0.25) is 5.02 Å². The van der Waals surface area contributed by atoms with Gasteiger partial charge in [-0.15, -0.1) is 0 Å². The van der Waals surface area contributed by atoms with Gasteiger partial charge in [-0.2, -0.15) is 5.10 Å². The van der Waals surface area contributed by atoms with E-state index in [-0.39, 0.29) is 5.91 Å². The molecule has 2 aromatic rings. The molecule has 0 spiro atoms.